The number of nitrogens with zero attached hydrogens (tertiary/aromatic N) is 2. The van der Waals surface area contributed by atoms with Crippen molar-refractivity contribution in [1.82, 2.24) is 14.9 Å². The van der Waals surface area contributed by atoms with Gasteiger partial charge in [0.15, 0.2) is 0 Å². The molecule has 1 aromatic heterocycles. The maximum absolute atomic E-state index is 4.79. The summed E-state index contributed by atoms with van der Waals surface area (Å²) in [5.41, 5.74) is 2.30. The lowest BCUT2D eigenvalue weighted by Crippen LogP contribution is -2.21. The predicted molar refractivity (Wildman–Crippen MR) is 80.1 cm³/mol. The number of fused-ring (bicyclic) bond motifs is 1. The van der Waals surface area contributed by atoms with E-state index in [1.165, 1.54) is 11.3 Å². The molecule has 1 atom stereocenters. The largest absolute Gasteiger partial charge is 0.328 e. The molecule has 2 rings (SSSR count). The number of imidazole rings is 1. The Bertz CT molecular complexity index is 533. The highest BCUT2D eigenvalue weighted by atomic mass is 79.9. The van der Waals surface area contributed by atoms with Crippen LogP contribution in [0.5, 0.6) is 0 Å². The molecule has 1 N–H and O–H groups in total. The fourth-order valence-electron chi connectivity index (χ4n) is 2.28. The summed E-state index contributed by atoms with van der Waals surface area (Å²) in [6.07, 6.45) is 0. The molecule has 2 aromatic rings. The number of likely N-dealkylation sites (N-methyl/N-ethyl adjacent to an activating group) is 1. The van der Waals surface area contributed by atoms with Crippen molar-refractivity contribution in [3.8, 4) is 0 Å². The van der Waals surface area contributed by atoms with Crippen molar-refractivity contribution >= 4 is 27.0 Å². The number of rotatable bonds is 5. The average Bonchev–Trinajstić information content (AvgIpc) is 2.73. The molecule has 0 spiro atoms. The third kappa shape index (κ3) is 2.59. The topological polar surface area (TPSA) is 29.9 Å². The second kappa shape index (κ2) is 5.85. The quantitative estimate of drug-likeness (QED) is 0.915. The van der Waals surface area contributed by atoms with Gasteiger partial charge in [0.1, 0.15) is 5.82 Å². The number of hydrogen-bond acceptors (Lipinski definition) is 2. The van der Waals surface area contributed by atoms with Crippen molar-refractivity contribution in [3.05, 3.63) is 28.5 Å². The summed E-state index contributed by atoms with van der Waals surface area (Å²) in [5, 5.41) is 3.39. The number of aromatic nitrogens is 2. The van der Waals surface area contributed by atoms with Crippen LogP contribution < -0.4 is 5.32 Å². The molecule has 0 aliphatic carbocycles. The minimum atomic E-state index is 0.427. The summed E-state index contributed by atoms with van der Waals surface area (Å²) in [6.45, 7) is 9.47. The zero-order chi connectivity index (χ0) is 13.1. The number of nitrogens with one attached hydrogen (secondary N) is 1. The van der Waals surface area contributed by atoms with Gasteiger partial charge < -0.3 is 9.88 Å². The van der Waals surface area contributed by atoms with Gasteiger partial charge in [0.2, 0.25) is 0 Å². The molecule has 0 amide bonds. The van der Waals surface area contributed by atoms with Gasteiger partial charge in [-0.05, 0) is 31.7 Å². The average molecular weight is 310 g/mol. The zero-order valence-electron chi connectivity index (χ0n) is 11.2. The Hall–Kier alpha value is -0.870. The zero-order valence-corrected chi connectivity index (χ0v) is 12.8. The second-order valence-corrected chi connectivity index (χ2v) is 5.47. The predicted octanol–water partition coefficient (Wildman–Crippen LogP) is 3.53. The molecule has 0 bridgehead atoms. The highest BCUT2D eigenvalue weighted by Crippen LogP contribution is 2.24. The van der Waals surface area contributed by atoms with Gasteiger partial charge in [-0.2, -0.15) is 0 Å². The first-order chi connectivity index (χ1) is 8.67. The highest BCUT2D eigenvalue weighted by molar-refractivity contribution is 9.10. The van der Waals surface area contributed by atoms with Crippen molar-refractivity contribution in [2.75, 3.05) is 13.1 Å². The minimum absolute atomic E-state index is 0.427. The second-order valence-electron chi connectivity index (χ2n) is 4.56. The fourth-order valence-corrected chi connectivity index (χ4v) is 2.63. The molecule has 0 aliphatic heterocycles. The van der Waals surface area contributed by atoms with Crippen molar-refractivity contribution in [1.29, 1.82) is 0 Å². The van der Waals surface area contributed by atoms with Crippen molar-refractivity contribution in [3.63, 3.8) is 0 Å². The van der Waals surface area contributed by atoms with Crippen molar-refractivity contribution in [2.24, 2.45) is 0 Å². The molecule has 1 unspecified atom stereocenters. The van der Waals surface area contributed by atoms with Gasteiger partial charge >= 0.3 is 0 Å². The van der Waals surface area contributed by atoms with Crippen LogP contribution in [0.25, 0.3) is 11.0 Å². The van der Waals surface area contributed by atoms with Crippen molar-refractivity contribution < 1.29 is 0 Å². The summed E-state index contributed by atoms with van der Waals surface area (Å²) < 4.78 is 3.39. The monoisotopic (exact) mass is 309 g/mol. The Morgan fingerprint density at radius 2 is 2.17 bits per heavy atom. The van der Waals surface area contributed by atoms with Gasteiger partial charge in [-0.25, -0.2) is 4.98 Å². The first-order valence-electron chi connectivity index (χ1n) is 6.53. The molecule has 0 radical (unpaired) electrons. The van der Waals surface area contributed by atoms with Gasteiger partial charge in [0, 0.05) is 23.5 Å². The highest BCUT2D eigenvalue weighted by Gasteiger charge is 2.15. The van der Waals surface area contributed by atoms with Gasteiger partial charge in [-0.1, -0.05) is 29.8 Å². The van der Waals surface area contributed by atoms with E-state index in [2.05, 4.69) is 64.8 Å². The fraction of sp³-hybridized carbons (Fsp3) is 0.500. The van der Waals surface area contributed by atoms with E-state index >= 15 is 0 Å². The van der Waals surface area contributed by atoms with E-state index in [0.29, 0.717) is 5.92 Å². The Morgan fingerprint density at radius 1 is 1.39 bits per heavy atom. The Balaban J connectivity index is 2.43. The molecule has 18 heavy (non-hydrogen) atoms. The van der Waals surface area contributed by atoms with Crippen LogP contribution in [0, 0.1) is 0 Å². The first-order valence-corrected chi connectivity index (χ1v) is 7.33. The Labute approximate surface area is 117 Å². The summed E-state index contributed by atoms with van der Waals surface area (Å²) in [7, 11) is 0. The van der Waals surface area contributed by atoms with Crippen LogP contribution >= 0.6 is 15.9 Å². The van der Waals surface area contributed by atoms with E-state index in [1.54, 1.807) is 0 Å². The van der Waals surface area contributed by atoms with Crippen LogP contribution in [0.3, 0.4) is 0 Å². The van der Waals surface area contributed by atoms with Crippen LogP contribution in [0.15, 0.2) is 22.7 Å². The van der Waals surface area contributed by atoms with Crippen LogP contribution in [-0.2, 0) is 6.54 Å². The van der Waals surface area contributed by atoms with E-state index < -0.39 is 0 Å². The maximum atomic E-state index is 4.79. The van der Waals surface area contributed by atoms with E-state index in [4.69, 9.17) is 4.98 Å². The molecule has 0 fully saturated rings. The van der Waals surface area contributed by atoms with Gasteiger partial charge in [0.25, 0.3) is 0 Å². The van der Waals surface area contributed by atoms with Crippen molar-refractivity contribution in [2.45, 2.75) is 33.2 Å². The molecule has 3 nitrogen and oxygen atoms in total. The third-order valence-corrected chi connectivity index (χ3v) is 3.69. The van der Waals surface area contributed by atoms with Crippen LogP contribution in [0.2, 0.25) is 0 Å². The normalized spacial score (nSPS) is 13.1. The van der Waals surface area contributed by atoms with E-state index in [-0.39, 0.29) is 0 Å². The molecule has 0 saturated heterocycles. The lowest BCUT2D eigenvalue weighted by molar-refractivity contribution is 0.577. The molecule has 0 aliphatic rings. The first kappa shape index (κ1) is 13.6. The standard InChI is InChI=1S/C14H20BrN3/c1-4-16-9-10(3)14-17-12-8-11(15)6-7-13(12)18(14)5-2/h6-8,10,16H,4-5,9H2,1-3H3. The van der Waals surface area contributed by atoms with E-state index in [9.17, 15) is 0 Å². The molecule has 98 valence electrons. The summed E-state index contributed by atoms with van der Waals surface area (Å²) in [6, 6.07) is 6.30. The number of aryl methyl sites for hydroxylation is 1. The van der Waals surface area contributed by atoms with E-state index in [1.807, 2.05) is 0 Å². The number of hydrogen-bond donors (Lipinski definition) is 1. The summed E-state index contributed by atoms with van der Waals surface area (Å²) in [5.74, 6) is 1.60. The lowest BCUT2D eigenvalue weighted by Gasteiger charge is -2.13. The minimum Gasteiger partial charge on any atom is -0.328 e. The third-order valence-electron chi connectivity index (χ3n) is 3.20. The van der Waals surface area contributed by atoms with Gasteiger partial charge in [0.05, 0.1) is 11.0 Å². The van der Waals surface area contributed by atoms with Gasteiger partial charge in [-0.15, -0.1) is 0 Å². The van der Waals surface area contributed by atoms with Crippen LogP contribution in [0.1, 0.15) is 32.5 Å². The summed E-state index contributed by atoms with van der Waals surface area (Å²) >= 11 is 3.51. The Kier molecular flexibility index (Phi) is 4.40. The molecule has 4 heteroatoms. The molecule has 1 heterocycles. The molecule has 0 saturated carbocycles. The lowest BCUT2D eigenvalue weighted by atomic mass is 10.1. The number of halogens is 1. The molecule has 1 aromatic carbocycles. The maximum Gasteiger partial charge on any atom is 0.113 e. The van der Waals surface area contributed by atoms with Crippen LogP contribution in [0.4, 0.5) is 0 Å². The van der Waals surface area contributed by atoms with Crippen LogP contribution in [-0.4, -0.2) is 22.6 Å². The molecular weight excluding hydrogens is 290 g/mol. The SMILES string of the molecule is CCNCC(C)c1nc2cc(Br)ccc2n1CC. The smallest absolute Gasteiger partial charge is 0.113 e. The Morgan fingerprint density at radius 3 is 2.83 bits per heavy atom. The van der Waals surface area contributed by atoms with E-state index in [0.717, 1.165) is 29.6 Å². The van der Waals surface area contributed by atoms with Gasteiger partial charge in [-0.3, -0.25) is 0 Å². The summed E-state index contributed by atoms with van der Waals surface area (Å²) in [4.78, 5) is 4.79. The number of benzene rings is 1. The molecular formula is C14H20BrN3.